The quantitative estimate of drug-likeness (QED) is 0.281. The van der Waals surface area contributed by atoms with Crippen molar-refractivity contribution >= 4 is 28.5 Å². The van der Waals surface area contributed by atoms with Gasteiger partial charge in [-0.2, -0.15) is 0 Å². The molecular weight excluding hydrogens is 430 g/mol. The number of amides is 1. The number of fused-ring (bicyclic) bond motifs is 1. The third-order valence-electron chi connectivity index (χ3n) is 5.56. The van der Waals surface area contributed by atoms with Gasteiger partial charge in [-0.15, -0.1) is 0 Å². The number of carbonyl (C=O) groups is 2. The fourth-order valence-electron chi connectivity index (χ4n) is 3.75. The Labute approximate surface area is 198 Å². The van der Waals surface area contributed by atoms with Gasteiger partial charge in [-0.25, -0.2) is 4.79 Å². The van der Waals surface area contributed by atoms with Crippen LogP contribution in [0.25, 0.3) is 11.0 Å². The maximum Gasteiger partial charge on any atom is 0.411 e. The predicted molar refractivity (Wildman–Crippen MR) is 132 cm³/mol. The number of anilines is 1. The summed E-state index contributed by atoms with van der Waals surface area (Å²) in [7, 11) is 1.59. The lowest BCUT2D eigenvalue weighted by Crippen LogP contribution is -2.13. The second-order valence-corrected chi connectivity index (χ2v) is 7.96. The maximum absolute atomic E-state index is 13.5. The van der Waals surface area contributed by atoms with Crippen LogP contribution in [0.2, 0.25) is 0 Å². The SMILES string of the molecule is CCCCc1oc2ccc(NC(=O)OCc3ccccc3)cc2c1C(=O)c1ccc(OC)cc1. The van der Waals surface area contributed by atoms with Gasteiger partial charge < -0.3 is 13.9 Å². The van der Waals surface area contributed by atoms with Gasteiger partial charge in [0.2, 0.25) is 0 Å². The highest BCUT2D eigenvalue weighted by Crippen LogP contribution is 2.32. The van der Waals surface area contributed by atoms with Crippen LogP contribution in [-0.2, 0) is 17.8 Å². The Bertz CT molecular complexity index is 1280. The molecule has 1 amide bonds. The van der Waals surface area contributed by atoms with Crippen LogP contribution in [0.1, 0.15) is 47.0 Å². The van der Waals surface area contributed by atoms with Crippen LogP contribution >= 0.6 is 0 Å². The molecule has 0 unspecified atom stereocenters. The molecule has 1 heterocycles. The number of benzene rings is 3. The third kappa shape index (κ3) is 5.29. The number of unbranched alkanes of at least 4 members (excludes halogenated alkanes) is 1. The summed E-state index contributed by atoms with van der Waals surface area (Å²) in [5, 5.41) is 3.41. The minimum Gasteiger partial charge on any atom is -0.497 e. The highest BCUT2D eigenvalue weighted by atomic mass is 16.5. The maximum atomic E-state index is 13.5. The summed E-state index contributed by atoms with van der Waals surface area (Å²) in [5.74, 6) is 1.21. The lowest BCUT2D eigenvalue weighted by atomic mass is 9.98. The standard InChI is InChI=1S/C28H27NO5/c1-3-4-10-25-26(27(30)20-11-14-22(32-2)15-12-20)23-17-21(13-16-24(23)34-25)29-28(31)33-18-19-8-6-5-7-9-19/h5-9,11-17H,3-4,10,18H2,1-2H3,(H,29,31). The van der Waals surface area contributed by atoms with E-state index in [4.69, 9.17) is 13.9 Å². The fourth-order valence-corrected chi connectivity index (χ4v) is 3.75. The molecule has 174 valence electrons. The Hall–Kier alpha value is -4.06. The van der Waals surface area contributed by atoms with E-state index in [9.17, 15) is 9.59 Å². The molecule has 6 heteroatoms. The zero-order valence-electron chi connectivity index (χ0n) is 19.3. The van der Waals surface area contributed by atoms with Crippen molar-refractivity contribution in [2.75, 3.05) is 12.4 Å². The van der Waals surface area contributed by atoms with Crippen LogP contribution < -0.4 is 10.1 Å². The molecule has 4 aromatic rings. The highest BCUT2D eigenvalue weighted by molar-refractivity contribution is 6.17. The molecule has 4 rings (SSSR count). The van der Waals surface area contributed by atoms with Gasteiger partial charge in [-0.3, -0.25) is 10.1 Å². The number of rotatable bonds is 9. The van der Waals surface area contributed by atoms with E-state index >= 15 is 0 Å². The first-order valence-corrected chi connectivity index (χ1v) is 11.3. The van der Waals surface area contributed by atoms with Crippen molar-refractivity contribution < 1.29 is 23.5 Å². The molecule has 6 nitrogen and oxygen atoms in total. The number of ether oxygens (including phenoxy) is 2. The van der Waals surface area contributed by atoms with Crippen molar-refractivity contribution in [2.24, 2.45) is 0 Å². The van der Waals surface area contributed by atoms with Crippen molar-refractivity contribution in [1.29, 1.82) is 0 Å². The summed E-state index contributed by atoms with van der Waals surface area (Å²) < 4.78 is 16.6. The number of nitrogens with one attached hydrogen (secondary N) is 1. The second-order valence-electron chi connectivity index (χ2n) is 7.96. The summed E-state index contributed by atoms with van der Waals surface area (Å²) in [4.78, 5) is 25.8. The van der Waals surface area contributed by atoms with E-state index in [2.05, 4.69) is 12.2 Å². The normalized spacial score (nSPS) is 10.8. The number of methoxy groups -OCH3 is 1. The summed E-state index contributed by atoms with van der Waals surface area (Å²) >= 11 is 0. The van der Waals surface area contributed by atoms with Gasteiger partial charge in [0.25, 0.3) is 0 Å². The van der Waals surface area contributed by atoms with Gasteiger partial charge in [-0.05, 0) is 54.4 Å². The Balaban J connectivity index is 1.61. The second kappa shape index (κ2) is 10.7. The van der Waals surface area contributed by atoms with Crippen molar-refractivity contribution in [3.63, 3.8) is 0 Å². The Morgan fingerprint density at radius 2 is 1.74 bits per heavy atom. The molecule has 1 aromatic heterocycles. The molecular formula is C28H27NO5. The molecule has 0 saturated carbocycles. The number of ketones is 1. The molecule has 0 aliphatic heterocycles. The van der Waals surface area contributed by atoms with Crippen LogP contribution in [-0.4, -0.2) is 19.0 Å². The minimum absolute atomic E-state index is 0.128. The van der Waals surface area contributed by atoms with E-state index in [1.807, 2.05) is 30.3 Å². The zero-order chi connectivity index (χ0) is 23.9. The highest BCUT2D eigenvalue weighted by Gasteiger charge is 2.22. The fraction of sp³-hybridized carbons (Fsp3) is 0.214. The molecule has 0 aliphatic carbocycles. The molecule has 0 radical (unpaired) electrons. The third-order valence-corrected chi connectivity index (χ3v) is 5.56. The molecule has 3 aromatic carbocycles. The molecule has 0 aliphatic rings. The summed E-state index contributed by atoms with van der Waals surface area (Å²) in [6.45, 7) is 2.26. The minimum atomic E-state index is -0.569. The average molecular weight is 458 g/mol. The number of hydrogen-bond acceptors (Lipinski definition) is 5. The molecule has 1 N–H and O–H groups in total. The monoisotopic (exact) mass is 457 g/mol. The lowest BCUT2D eigenvalue weighted by molar-refractivity contribution is 0.103. The molecule has 34 heavy (non-hydrogen) atoms. The van der Waals surface area contributed by atoms with Crippen LogP contribution in [0.3, 0.4) is 0 Å². The molecule has 0 bridgehead atoms. The van der Waals surface area contributed by atoms with E-state index < -0.39 is 6.09 Å². The van der Waals surface area contributed by atoms with Gasteiger partial charge in [0.05, 0.1) is 12.7 Å². The van der Waals surface area contributed by atoms with E-state index in [0.29, 0.717) is 45.7 Å². The van der Waals surface area contributed by atoms with Crippen LogP contribution in [0.15, 0.2) is 77.2 Å². The number of furan rings is 1. The average Bonchev–Trinajstić information content (AvgIpc) is 3.24. The van der Waals surface area contributed by atoms with Crippen molar-refractivity contribution in [2.45, 2.75) is 32.8 Å². The van der Waals surface area contributed by atoms with Gasteiger partial charge in [0.15, 0.2) is 5.78 Å². The van der Waals surface area contributed by atoms with Crippen molar-refractivity contribution in [1.82, 2.24) is 0 Å². The predicted octanol–water partition coefficient (Wildman–Crippen LogP) is 6.76. The van der Waals surface area contributed by atoms with Gasteiger partial charge in [0, 0.05) is 23.1 Å². The van der Waals surface area contributed by atoms with Crippen molar-refractivity contribution in [3.05, 3.63) is 95.2 Å². The topological polar surface area (TPSA) is 77.8 Å². The molecule has 0 saturated heterocycles. The van der Waals surface area contributed by atoms with Crippen LogP contribution in [0, 0.1) is 0 Å². The Kier molecular flexibility index (Phi) is 7.28. The molecule has 0 fully saturated rings. The number of hydrogen-bond donors (Lipinski definition) is 1. The largest absolute Gasteiger partial charge is 0.497 e. The van der Waals surface area contributed by atoms with Gasteiger partial charge in [0.1, 0.15) is 23.7 Å². The molecule has 0 atom stereocenters. The lowest BCUT2D eigenvalue weighted by Gasteiger charge is -2.08. The number of carbonyl (C=O) groups excluding carboxylic acids is 2. The van der Waals surface area contributed by atoms with Crippen LogP contribution in [0.5, 0.6) is 5.75 Å². The van der Waals surface area contributed by atoms with E-state index in [1.165, 1.54) is 0 Å². The Morgan fingerprint density at radius 1 is 0.971 bits per heavy atom. The Morgan fingerprint density at radius 3 is 2.44 bits per heavy atom. The summed E-state index contributed by atoms with van der Waals surface area (Å²) in [5.41, 5.74) is 3.09. The van der Waals surface area contributed by atoms with Crippen molar-refractivity contribution in [3.8, 4) is 5.75 Å². The van der Waals surface area contributed by atoms with E-state index in [-0.39, 0.29) is 12.4 Å². The van der Waals surface area contributed by atoms with Gasteiger partial charge in [-0.1, -0.05) is 43.7 Å². The first kappa shape index (κ1) is 23.1. The summed E-state index contributed by atoms with van der Waals surface area (Å²) in [6, 6.07) is 21.7. The number of aryl methyl sites for hydroxylation is 1. The van der Waals surface area contributed by atoms with E-state index in [0.717, 1.165) is 18.4 Å². The van der Waals surface area contributed by atoms with E-state index in [1.54, 1.807) is 49.6 Å². The first-order valence-electron chi connectivity index (χ1n) is 11.3. The first-order chi connectivity index (χ1) is 16.6. The van der Waals surface area contributed by atoms with Gasteiger partial charge >= 0.3 is 6.09 Å². The smallest absolute Gasteiger partial charge is 0.411 e. The van der Waals surface area contributed by atoms with Crippen LogP contribution in [0.4, 0.5) is 10.5 Å². The zero-order valence-corrected chi connectivity index (χ0v) is 19.3. The molecule has 0 spiro atoms. The summed E-state index contributed by atoms with van der Waals surface area (Å²) in [6.07, 6.45) is 1.97.